The van der Waals surface area contributed by atoms with Gasteiger partial charge in [-0.25, -0.2) is 14.4 Å². The van der Waals surface area contributed by atoms with Crippen molar-refractivity contribution in [3.05, 3.63) is 48.0 Å². The predicted molar refractivity (Wildman–Crippen MR) is 90.7 cm³/mol. The zero-order valence-electron chi connectivity index (χ0n) is 14.2. The quantitative estimate of drug-likeness (QED) is 0.430. The number of unbranched alkanes of at least 4 members (excludes halogenated alkanes) is 1. The number of benzene rings is 1. The van der Waals surface area contributed by atoms with Crippen LogP contribution in [0.4, 0.5) is 0 Å². The van der Waals surface area contributed by atoms with E-state index in [0.717, 1.165) is 12.8 Å². The van der Waals surface area contributed by atoms with Crippen LogP contribution in [0.15, 0.2) is 36.9 Å². The van der Waals surface area contributed by atoms with Crippen molar-refractivity contribution in [3.8, 4) is 0 Å². The smallest absolute Gasteiger partial charge is 0.346 e. The van der Waals surface area contributed by atoms with E-state index in [4.69, 9.17) is 4.74 Å². The molecule has 0 saturated carbocycles. The number of cyclic esters (lactones) is 2. The molecule has 0 radical (unpaired) electrons. The lowest BCUT2D eigenvalue weighted by Crippen LogP contribution is -2.12. The van der Waals surface area contributed by atoms with Crippen LogP contribution in [0.1, 0.15) is 60.2 Å². The molecular weight excluding hydrogens is 308 g/mol. The minimum atomic E-state index is -0.550. The van der Waals surface area contributed by atoms with Crippen molar-refractivity contribution in [1.82, 2.24) is 0 Å². The molecule has 0 amide bonds. The maximum Gasteiger partial charge on any atom is 0.346 e. The average Bonchev–Trinajstić information content (AvgIpc) is 2.90. The first-order chi connectivity index (χ1) is 11.5. The predicted octanol–water partition coefficient (Wildman–Crippen LogP) is 3.93. The van der Waals surface area contributed by atoms with Gasteiger partial charge < -0.3 is 9.47 Å². The lowest BCUT2D eigenvalue weighted by atomic mass is 10.0. The molecular formula is C19H24O5. The lowest BCUT2D eigenvalue weighted by Gasteiger charge is -2.13. The van der Waals surface area contributed by atoms with Crippen LogP contribution in [0.5, 0.6) is 0 Å². The fourth-order valence-corrected chi connectivity index (χ4v) is 2.19. The summed E-state index contributed by atoms with van der Waals surface area (Å²) in [5, 5.41) is 0. The van der Waals surface area contributed by atoms with Crippen molar-refractivity contribution in [2.24, 2.45) is 5.92 Å². The maximum atomic E-state index is 10.8. The zero-order chi connectivity index (χ0) is 17.9. The summed E-state index contributed by atoms with van der Waals surface area (Å²) in [6.45, 7) is 8.19. The number of rotatable bonds is 7. The van der Waals surface area contributed by atoms with Gasteiger partial charge >= 0.3 is 17.9 Å². The van der Waals surface area contributed by atoms with Gasteiger partial charge in [0.25, 0.3) is 0 Å². The Hall–Kier alpha value is -2.43. The molecule has 1 aromatic rings. The van der Waals surface area contributed by atoms with Crippen LogP contribution in [0.3, 0.4) is 0 Å². The second kappa shape index (κ2) is 10.4. The van der Waals surface area contributed by atoms with E-state index in [1.807, 2.05) is 0 Å². The SMILES string of the molecule is C=CC(=O)OCC(CC)CCCC.O=C1OC(=O)c2ccccc21. The molecule has 0 N–H and O–H groups in total. The highest BCUT2D eigenvalue weighted by atomic mass is 16.6. The second-order valence-corrected chi connectivity index (χ2v) is 5.47. The molecule has 1 unspecified atom stereocenters. The van der Waals surface area contributed by atoms with Gasteiger partial charge in [-0.15, -0.1) is 0 Å². The number of carbonyl (C=O) groups excluding carboxylic acids is 3. The molecule has 1 aromatic carbocycles. The number of hydrogen-bond acceptors (Lipinski definition) is 5. The molecule has 0 fully saturated rings. The summed E-state index contributed by atoms with van der Waals surface area (Å²) >= 11 is 0. The molecule has 0 bridgehead atoms. The summed E-state index contributed by atoms with van der Waals surface area (Å²) in [4.78, 5) is 32.4. The number of carbonyl (C=O) groups is 3. The Morgan fingerprint density at radius 2 is 1.79 bits per heavy atom. The Morgan fingerprint density at radius 3 is 2.25 bits per heavy atom. The third-order valence-electron chi connectivity index (χ3n) is 3.72. The van der Waals surface area contributed by atoms with E-state index in [2.05, 4.69) is 25.2 Å². The molecule has 1 atom stereocenters. The number of esters is 3. The molecule has 0 aromatic heterocycles. The number of fused-ring (bicyclic) bond motifs is 1. The van der Waals surface area contributed by atoms with Crippen LogP contribution in [-0.2, 0) is 14.3 Å². The fraction of sp³-hybridized carbons (Fsp3) is 0.421. The largest absolute Gasteiger partial charge is 0.462 e. The summed E-state index contributed by atoms with van der Waals surface area (Å²) in [5.41, 5.74) is 0.718. The van der Waals surface area contributed by atoms with Crippen LogP contribution in [-0.4, -0.2) is 24.5 Å². The average molecular weight is 332 g/mol. The summed E-state index contributed by atoms with van der Waals surface area (Å²) < 4.78 is 9.34. The minimum Gasteiger partial charge on any atom is -0.462 e. The molecule has 5 heteroatoms. The van der Waals surface area contributed by atoms with E-state index >= 15 is 0 Å². The molecule has 5 nitrogen and oxygen atoms in total. The van der Waals surface area contributed by atoms with E-state index in [1.165, 1.54) is 18.9 Å². The fourth-order valence-electron chi connectivity index (χ4n) is 2.19. The Labute approximate surface area is 142 Å². The number of hydrogen-bond donors (Lipinski definition) is 0. The molecule has 24 heavy (non-hydrogen) atoms. The van der Waals surface area contributed by atoms with Crippen LogP contribution >= 0.6 is 0 Å². The first-order valence-electron chi connectivity index (χ1n) is 8.18. The monoisotopic (exact) mass is 332 g/mol. The third kappa shape index (κ3) is 5.99. The molecule has 2 rings (SSSR count). The third-order valence-corrected chi connectivity index (χ3v) is 3.72. The van der Waals surface area contributed by atoms with Gasteiger partial charge in [-0.3, -0.25) is 0 Å². The Bertz CT molecular complexity index is 558. The van der Waals surface area contributed by atoms with Gasteiger partial charge in [-0.05, 0) is 24.5 Å². The van der Waals surface area contributed by atoms with Gasteiger partial charge in [0.15, 0.2) is 0 Å². The van der Waals surface area contributed by atoms with Crippen molar-refractivity contribution in [1.29, 1.82) is 0 Å². The van der Waals surface area contributed by atoms with Gasteiger partial charge in [0.1, 0.15) is 0 Å². The first kappa shape index (κ1) is 19.6. The number of ether oxygens (including phenoxy) is 2. The van der Waals surface area contributed by atoms with E-state index in [0.29, 0.717) is 23.7 Å². The van der Waals surface area contributed by atoms with Crippen molar-refractivity contribution >= 4 is 17.9 Å². The molecule has 0 aliphatic carbocycles. The summed E-state index contributed by atoms with van der Waals surface area (Å²) in [6.07, 6.45) is 5.85. The van der Waals surface area contributed by atoms with E-state index in [-0.39, 0.29) is 5.97 Å². The van der Waals surface area contributed by atoms with Crippen LogP contribution < -0.4 is 0 Å². The van der Waals surface area contributed by atoms with E-state index in [9.17, 15) is 14.4 Å². The molecule has 1 aliphatic rings. The lowest BCUT2D eigenvalue weighted by molar-refractivity contribution is -0.139. The standard InChI is InChI=1S/C11H20O2.C8H4O3/c1-4-7-8-10(5-2)9-13-11(12)6-3;9-7-5-3-1-2-4-6(5)8(10)11-7/h6,10H,3-5,7-9H2,1-2H3;1-4H. The molecule has 130 valence electrons. The van der Waals surface area contributed by atoms with Crippen LogP contribution in [0, 0.1) is 5.92 Å². The van der Waals surface area contributed by atoms with E-state index < -0.39 is 11.9 Å². The Morgan fingerprint density at radius 1 is 1.21 bits per heavy atom. The van der Waals surface area contributed by atoms with Crippen LogP contribution in [0.25, 0.3) is 0 Å². The van der Waals surface area contributed by atoms with E-state index in [1.54, 1.807) is 24.3 Å². The summed E-state index contributed by atoms with van der Waals surface area (Å²) in [6, 6.07) is 6.53. The topological polar surface area (TPSA) is 69.7 Å². The Balaban J connectivity index is 0.000000242. The minimum absolute atomic E-state index is 0.310. The molecule has 0 spiro atoms. The summed E-state index contributed by atoms with van der Waals surface area (Å²) in [5.74, 6) is -0.894. The van der Waals surface area contributed by atoms with Crippen molar-refractivity contribution in [3.63, 3.8) is 0 Å². The molecule has 1 aliphatic heterocycles. The summed E-state index contributed by atoms with van der Waals surface area (Å²) in [7, 11) is 0. The Kier molecular flexibility index (Phi) is 8.47. The second-order valence-electron chi connectivity index (χ2n) is 5.47. The van der Waals surface area contributed by atoms with Crippen molar-refractivity contribution in [2.45, 2.75) is 39.5 Å². The van der Waals surface area contributed by atoms with Crippen molar-refractivity contribution in [2.75, 3.05) is 6.61 Å². The van der Waals surface area contributed by atoms with Gasteiger partial charge in [0.2, 0.25) is 0 Å². The normalized spacial score (nSPS) is 13.2. The van der Waals surface area contributed by atoms with Gasteiger partial charge in [0, 0.05) is 6.08 Å². The molecule has 0 saturated heterocycles. The highest BCUT2D eigenvalue weighted by molar-refractivity contribution is 6.14. The van der Waals surface area contributed by atoms with Crippen molar-refractivity contribution < 1.29 is 23.9 Å². The highest BCUT2D eigenvalue weighted by Gasteiger charge is 2.28. The maximum absolute atomic E-state index is 10.8. The first-order valence-corrected chi connectivity index (χ1v) is 8.18. The molecule has 1 heterocycles. The van der Waals surface area contributed by atoms with Gasteiger partial charge in [-0.2, -0.15) is 0 Å². The highest BCUT2D eigenvalue weighted by Crippen LogP contribution is 2.18. The van der Waals surface area contributed by atoms with Gasteiger partial charge in [-0.1, -0.05) is 51.8 Å². The zero-order valence-corrected chi connectivity index (χ0v) is 14.2. The van der Waals surface area contributed by atoms with Crippen LogP contribution in [0.2, 0.25) is 0 Å². The van der Waals surface area contributed by atoms with Gasteiger partial charge in [0.05, 0.1) is 17.7 Å².